The average molecular weight is 390 g/mol. The normalized spacial score (nSPS) is 15.3. The first-order valence-electron chi connectivity index (χ1n) is 10.3. The van der Waals surface area contributed by atoms with E-state index in [1.165, 1.54) is 18.4 Å². The number of nitrogens with zero attached hydrogens (tertiary/aromatic N) is 6. The van der Waals surface area contributed by atoms with Crippen LogP contribution in [-0.4, -0.2) is 42.9 Å². The first-order valence-corrected chi connectivity index (χ1v) is 10.3. The number of hydrogen-bond acceptors (Lipinski definition) is 7. The highest BCUT2D eigenvalue weighted by Gasteiger charge is 2.20. The van der Waals surface area contributed by atoms with E-state index in [0.717, 1.165) is 49.8 Å². The quantitative estimate of drug-likeness (QED) is 0.663. The van der Waals surface area contributed by atoms with Gasteiger partial charge in [-0.2, -0.15) is 0 Å². The SMILES string of the molecule is CCc1ncc(CN2CCC(Cc3cccc(Nc4cnccn4)n3)CC2)cn1. The van der Waals surface area contributed by atoms with E-state index in [1.54, 1.807) is 18.6 Å². The Kier molecular flexibility index (Phi) is 6.36. The molecule has 1 aliphatic heterocycles. The fourth-order valence-electron chi connectivity index (χ4n) is 3.71. The fraction of sp³-hybridized carbons (Fsp3) is 0.409. The molecule has 29 heavy (non-hydrogen) atoms. The predicted octanol–water partition coefficient (Wildman–Crippen LogP) is 3.42. The molecule has 0 atom stereocenters. The molecule has 0 radical (unpaired) electrons. The van der Waals surface area contributed by atoms with Gasteiger partial charge in [-0.15, -0.1) is 0 Å². The van der Waals surface area contributed by atoms with Crippen molar-refractivity contribution in [2.75, 3.05) is 18.4 Å². The van der Waals surface area contributed by atoms with Gasteiger partial charge in [0.05, 0.1) is 6.20 Å². The largest absolute Gasteiger partial charge is 0.324 e. The van der Waals surface area contributed by atoms with Gasteiger partial charge >= 0.3 is 0 Å². The number of aromatic nitrogens is 5. The Labute approximate surface area is 171 Å². The first-order chi connectivity index (χ1) is 14.3. The van der Waals surface area contributed by atoms with Gasteiger partial charge in [0.2, 0.25) is 0 Å². The minimum Gasteiger partial charge on any atom is -0.324 e. The van der Waals surface area contributed by atoms with Gasteiger partial charge < -0.3 is 5.32 Å². The third kappa shape index (κ3) is 5.54. The molecule has 3 aromatic rings. The highest BCUT2D eigenvalue weighted by Crippen LogP contribution is 2.23. The van der Waals surface area contributed by atoms with Gasteiger partial charge in [-0.1, -0.05) is 13.0 Å². The van der Waals surface area contributed by atoms with Gasteiger partial charge in [0.15, 0.2) is 0 Å². The number of rotatable bonds is 7. The Bertz CT molecular complexity index is 891. The van der Waals surface area contributed by atoms with Crippen LogP contribution in [0.1, 0.15) is 36.8 Å². The van der Waals surface area contributed by atoms with Crippen molar-refractivity contribution in [2.45, 2.75) is 39.2 Å². The Morgan fingerprint density at radius 2 is 1.83 bits per heavy atom. The molecule has 1 fully saturated rings. The van der Waals surface area contributed by atoms with Gasteiger partial charge in [0.1, 0.15) is 17.5 Å². The van der Waals surface area contributed by atoms with E-state index < -0.39 is 0 Å². The summed E-state index contributed by atoms with van der Waals surface area (Å²) in [5.74, 6) is 3.11. The van der Waals surface area contributed by atoms with Crippen LogP contribution in [0.5, 0.6) is 0 Å². The molecule has 3 aromatic heterocycles. The Morgan fingerprint density at radius 3 is 2.55 bits per heavy atom. The summed E-state index contributed by atoms with van der Waals surface area (Å²) in [5, 5.41) is 3.22. The zero-order valence-electron chi connectivity index (χ0n) is 16.8. The van der Waals surface area contributed by atoms with E-state index in [-0.39, 0.29) is 0 Å². The zero-order chi connectivity index (χ0) is 19.9. The van der Waals surface area contributed by atoms with Crippen molar-refractivity contribution in [3.63, 3.8) is 0 Å². The predicted molar refractivity (Wildman–Crippen MR) is 113 cm³/mol. The summed E-state index contributed by atoms with van der Waals surface area (Å²) in [7, 11) is 0. The molecule has 7 heteroatoms. The molecule has 0 aliphatic carbocycles. The third-order valence-corrected chi connectivity index (χ3v) is 5.31. The minimum absolute atomic E-state index is 0.671. The zero-order valence-corrected chi connectivity index (χ0v) is 16.8. The molecule has 7 nitrogen and oxygen atoms in total. The molecule has 1 N–H and O–H groups in total. The number of piperidine rings is 1. The smallest absolute Gasteiger partial charge is 0.150 e. The van der Waals surface area contributed by atoms with E-state index in [2.05, 4.69) is 49.2 Å². The average Bonchev–Trinajstić information content (AvgIpc) is 2.77. The molecule has 1 aliphatic rings. The van der Waals surface area contributed by atoms with E-state index in [1.807, 2.05) is 18.5 Å². The number of pyridine rings is 1. The molecule has 4 heterocycles. The molecule has 1 saturated heterocycles. The van der Waals surface area contributed by atoms with Crippen LogP contribution in [0.4, 0.5) is 11.6 Å². The number of aryl methyl sites for hydroxylation is 1. The lowest BCUT2D eigenvalue weighted by Crippen LogP contribution is -2.34. The molecular weight excluding hydrogens is 362 g/mol. The summed E-state index contributed by atoms with van der Waals surface area (Å²) in [6, 6.07) is 6.13. The number of anilines is 2. The van der Waals surface area contributed by atoms with E-state index in [0.29, 0.717) is 11.7 Å². The van der Waals surface area contributed by atoms with Crippen molar-refractivity contribution < 1.29 is 0 Å². The lowest BCUT2D eigenvalue weighted by Gasteiger charge is -2.31. The summed E-state index contributed by atoms with van der Waals surface area (Å²) in [4.78, 5) is 24.4. The number of likely N-dealkylation sites (tertiary alicyclic amines) is 1. The molecule has 0 amide bonds. The van der Waals surface area contributed by atoms with Crippen LogP contribution < -0.4 is 5.32 Å². The maximum atomic E-state index is 4.76. The van der Waals surface area contributed by atoms with Crippen LogP contribution in [-0.2, 0) is 19.4 Å². The number of hydrogen-bond donors (Lipinski definition) is 1. The Hall–Kier alpha value is -2.93. The van der Waals surface area contributed by atoms with Crippen molar-refractivity contribution in [3.05, 3.63) is 66.3 Å². The molecule has 0 bridgehead atoms. The van der Waals surface area contributed by atoms with Gasteiger partial charge in [-0.05, 0) is 50.4 Å². The summed E-state index contributed by atoms with van der Waals surface area (Å²) in [6.45, 7) is 5.23. The summed E-state index contributed by atoms with van der Waals surface area (Å²) in [6.07, 6.45) is 13.3. The summed E-state index contributed by atoms with van der Waals surface area (Å²) >= 11 is 0. The van der Waals surface area contributed by atoms with Crippen LogP contribution in [0, 0.1) is 5.92 Å². The summed E-state index contributed by atoms with van der Waals surface area (Å²) < 4.78 is 0. The van der Waals surface area contributed by atoms with Crippen molar-refractivity contribution in [3.8, 4) is 0 Å². The van der Waals surface area contributed by atoms with Crippen molar-refractivity contribution in [2.24, 2.45) is 5.92 Å². The van der Waals surface area contributed by atoms with Crippen molar-refractivity contribution in [1.29, 1.82) is 0 Å². The second-order valence-electron chi connectivity index (χ2n) is 7.51. The molecule has 4 rings (SSSR count). The highest BCUT2D eigenvalue weighted by molar-refractivity contribution is 5.50. The molecule has 0 unspecified atom stereocenters. The maximum Gasteiger partial charge on any atom is 0.150 e. The molecule has 150 valence electrons. The standard InChI is InChI=1S/C22H27N7/c1-2-20-25-13-18(14-26-20)16-29-10-6-17(7-11-29)12-19-4-3-5-21(27-19)28-22-15-23-8-9-24-22/h3-5,8-9,13-15,17H,2,6-7,10-12,16H2,1H3,(H,24,27,28). The third-order valence-electron chi connectivity index (χ3n) is 5.31. The van der Waals surface area contributed by atoms with E-state index >= 15 is 0 Å². The lowest BCUT2D eigenvalue weighted by molar-refractivity contribution is 0.176. The second kappa shape index (κ2) is 9.52. The molecule has 0 saturated carbocycles. The molecule has 0 spiro atoms. The molecule has 0 aromatic carbocycles. The lowest BCUT2D eigenvalue weighted by atomic mass is 9.92. The van der Waals surface area contributed by atoms with Gasteiger partial charge in [-0.25, -0.2) is 19.9 Å². The fourth-order valence-corrected chi connectivity index (χ4v) is 3.71. The maximum absolute atomic E-state index is 4.76. The Morgan fingerprint density at radius 1 is 1.00 bits per heavy atom. The van der Waals surface area contributed by atoms with E-state index in [9.17, 15) is 0 Å². The number of nitrogens with one attached hydrogen (secondary N) is 1. The van der Waals surface area contributed by atoms with Crippen LogP contribution in [0.3, 0.4) is 0 Å². The molecular formula is C22H27N7. The van der Waals surface area contributed by atoms with Crippen LogP contribution in [0.2, 0.25) is 0 Å². The Balaban J connectivity index is 1.27. The highest BCUT2D eigenvalue weighted by atomic mass is 15.1. The van der Waals surface area contributed by atoms with Gasteiger partial charge in [-0.3, -0.25) is 9.88 Å². The minimum atomic E-state index is 0.671. The van der Waals surface area contributed by atoms with Crippen molar-refractivity contribution in [1.82, 2.24) is 29.8 Å². The van der Waals surface area contributed by atoms with E-state index in [4.69, 9.17) is 4.98 Å². The second-order valence-corrected chi connectivity index (χ2v) is 7.51. The summed E-state index contributed by atoms with van der Waals surface area (Å²) in [5.41, 5.74) is 2.32. The first kappa shape index (κ1) is 19.4. The van der Waals surface area contributed by atoms with Gasteiger partial charge in [0.25, 0.3) is 0 Å². The van der Waals surface area contributed by atoms with Crippen LogP contribution in [0.15, 0.2) is 49.2 Å². The van der Waals surface area contributed by atoms with Crippen molar-refractivity contribution >= 4 is 11.6 Å². The van der Waals surface area contributed by atoms with Gasteiger partial charge in [0, 0.05) is 49.0 Å². The monoisotopic (exact) mass is 389 g/mol. The van der Waals surface area contributed by atoms with Crippen LogP contribution >= 0.6 is 0 Å². The van der Waals surface area contributed by atoms with Crippen LogP contribution in [0.25, 0.3) is 0 Å². The topological polar surface area (TPSA) is 79.7 Å².